The van der Waals surface area contributed by atoms with E-state index in [9.17, 15) is 4.79 Å². The highest BCUT2D eigenvalue weighted by Crippen LogP contribution is 2.17. The number of aromatic nitrogens is 2. The third-order valence-corrected chi connectivity index (χ3v) is 1.92. The van der Waals surface area contributed by atoms with Crippen molar-refractivity contribution in [3.8, 4) is 0 Å². The molecule has 13 heavy (non-hydrogen) atoms. The van der Waals surface area contributed by atoms with Gasteiger partial charge < -0.3 is 5.11 Å². The van der Waals surface area contributed by atoms with Crippen molar-refractivity contribution in [3.63, 3.8) is 0 Å². The molecule has 0 aliphatic heterocycles. The van der Waals surface area contributed by atoms with Crippen LogP contribution in [0.2, 0.25) is 5.15 Å². The van der Waals surface area contributed by atoms with Crippen LogP contribution in [0.4, 0.5) is 0 Å². The van der Waals surface area contributed by atoms with Crippen LogP contribution in [-0.4, -0.2) is 21.3 Å². The normalized spacial score (nSPS) is 12.5. The molecule has 0 radical (unpaired) electrons. The summed E-state index contributed by atoms with van der Waals surface area (Å²) < 4.78 is 0. The third-order valence-electron chi connectivity index (χ3n) is 1.72. The van der Waals surface area contributed by atoms with E-state index in [1.807, 2.05) is 0 Å². The predicted octanol–water partition coefficient (Wildman–Crippen LogP) is 1.71. The van der Waals surface area contributed by atoms with Gasteiger partial charge in [0.15, 0.2) is 5.15 Å². The van der Waals surface area contributed by atoms with Gasteiger partial charge in [-0.25, -0.2) is 0 Å². The first-order valence-corrected chi connectivity index (χ1v) is 4.25. The lowest BCUT2D eigenvalue weighted by Gasteiger charge is -2.06. The summed E-state index contributed by atoms with van der Waals surface area (Å²) in [5.74, 6) is -1.48. The van der Waals surface area contributed by atoms with Gasteiger partial charge in [-0.3, -0.25) is 4.79 Å². The third kappa shape index (κ3) is 2.39. The summed E-state index contributed by atoms with van der Waals surface area (Å²) in [4.78, 5) is 10.7. The number of halogens is 1. The molecule has 1 unspecified atom stereocenters. The van der Waals surface area contributed by atoms with Crippen LogP contribution >= 0.6 is 11.6 Å². The van der Waals surface area contributed by atoms with Crippen molar-refractivity contribution in [1.82, 2.24) is 10.2 Å². The number of carbonyl (C=O) groups is 1. The van der Waals surface area contributed by atoms with E-state index in [1.165, 1.54) is 6.07 Å². The molecule has 1 atom stereocenters. The van der Waals surface area contributed by atoms with Crippen molar-refractivity contribution in [2.24, 2.45) is 0 Å². The molecule has 0 aliphatic rings. The smallest absolute Gasteiger partial charge is 0.312 e. The lowest BCUT2D eigenvalue weighted by atomic mass is 10.0. The quantitative estimate of drug-likeness (QED) is 0.807. The van der Waals surface area contributed by atoms with Gasteiger partial charge in [0.05, 0.1) is 5.69 Å². The highest BCUT2D eigenvalue weighted by molar-refractivity contribution is 6.29. The van der Waals surface area contributed by atoms with Crippen molar-refractivity contribution >= 4 is 17.6 Å². The summed E-state index contributed by atoms with van der Waals surface area (Å²) in [6.45, 7) is 1.79. The first-order chi connectivity index (χ1) is 6.15. The molecule has 0 aromatic carbocycles. The largest absolute Gasteiger partial charge is 0.481 e. The molecule has 0 spiro atoms. The monoisotopic (exact) mass is 200 g/mol. The highest BCUT2D eigenvalue weighted by atomic mass is 35.5. The van der Waals surface area contributed by atoms with Crippen LogP contribution in [0.15, 0.2) is 12.1 Å². The fraction of sp³-hybridized carbons (Fsp3) is 0.375. The molecule has 0 bridgehead atoms. The van der Waals surface area contributed by atoms with E-state index in [-0.39, 0.29) is 5.15 Å². The molecule has 0 aliphatic carbocycles. The highest BCUT2D eigenvalue weighted by Gasteiger charge is 2.18. The number of rotatable bonds is 3. The van der Waals surface area contributed by atoms with Gasteiger partial charge >= 0.3 is 5.97 Å². The van der Waals surface area contributed by atoms with Gasteiger partial charge in [0.2, 0.25) is 0 Å². The predicted molar refractivity (Wildman–Crippen MR) is 47.7 cm³/mol. The van der Waals surface area contributed by atoms with Crippen LogP contribution in [0.1, 0.15) is 25.0 Å². The zero-order valence-electron chi connectivity index (χ0n) is 7.07. The van der Waals surface area contributed by atoms with Crippen molar-refractivity contribution in [1.29, 1.82) is 0 Å². The van der Waals surface area contributed by atoms with E-state index in [1.54, 1.807) is 13.0 Å². The minimum Gasteiger partial charge on any atom is -0.481 e. The second-order valence-corrected chi connectivity index (χ2v) is 2.97. The minimum atomic E-state index is -0.890. The SMILES string of the molecule is CCC(C(=O)O)c1ccc(Cl)nn1. The molecular formula is C8H9ClN2O2. The van der Waals surface area contributed by atoms with Crippen LogP contribution in [-0.2, 0) is 4.79 Å². The molecule has 70 valence electrons. The molecule has 4 nitrogen and oxygen atoms in total. The van der Waals surface area contributed by atoms with Crippen LogP contribution in [0.25, 0.3) is 0 Å². The molecule has 1 rings (SSSR count). The summed E-state index contributed by atoms with van der Waals surface area (Å²) in [6, 6.07) is 3.12. The Balaban J connectivity index is 2.92. The minimum absolute atomic E-state index is 0.268. The second-order valence-electron chi connectivity index (χ2n) is 2.58. The maximum absolute atomic E-state index is 10.7. The molecule has 1 heterocycles. The first kappa shape index (κ1) is 9.92. The Hall–Kier alpha value is -1.16. The van der Waals surface area contributed by atoms with Crippen molar-refractivity contribution in [3.05, 3.63) is 23.0 Å². The number of hydrogen-bond donors (Lipinski definition) is 1. The van der Waals surface area contributed by atoms with Crippen molar-refractivity contribution in [2.75, 3.05) is 0 Å². The molecule has 1 aromatic heterocycles. The van der Waals surface area contributed by atoms with Crippen molar-refractivity contribution < 1.29 is 9.90 Å². The summed E-state index contributed by atoms with van der Waals surface area (Å²) in [5.41, 5.74) is 0.444. The molecule has 0 saturated carbocycles. The Kier molecular flexibility index (Phi) is 3.19. The van der Waals surface area contributed by atoms with E-state index >= 15 is 0 Å². The van der Waals surface area contributed by atoms with Gasteiger partial charge in [0.25, 0.3) is 0 Å². The van der Waals surface area contributed by atoms with E-state index in [4.69, 9.17) is 16.7 Å². The van der Waals surface area contributed by atoms with Crippen LogP contribution in [0.3, 0.4) is 0 Å². The molecule has 0 amide bonds. The Morgan fingerprint density at radius 3 is 2.69 bits per heavy atom. The first-order valence-electron chi connectivity index (χ1n) is 3.87. The van der Waals surface area contributed by atoms with Crippen LogP contribution < -0.4 is 0 Å². The molecular weight excluding hydrogens is 192 g/mol. The van der Waals surface area contributed by atoms with Gasteiger partial charge in [-0.15, -0.1) is 5.10 Å². The number of hydrogen-bond acceptors (Lipinski definition) is 3. The van der Waals surface area contributed by atoms with Crippen molar-refractivity contribution in [2.45, 2.75) is 19.3 Å². The van der Waals surface area contributed by atoms with Gasteiger partial charge in [-0.05, 0) is 18.6 Å². The molecule has 1 N–H and O–H groups in total. The Labute approximate surface area is 80.6 Å². The fourth-order valence-corrected chi connectivity index (χ4v) is 1.12. The average molecular weight is 201 g/mol. The standard InChI is InChI=1S/C8H9ClN2O2/c1-2-5(8(12)13)6-3-4-7(9)11-10-6/h3-5H,2H2,1H3,(H,12,13). The number of carboxylic acids is 1. The molecule has 1 aromatic rings. The molecule has 5 heteroatoms. The molecule has 0 fully saturated rings. The summed E-state index contributed by atoms with van der Waals surface area (Å²) >= 11 is 5.52. The van der Waals surface area contributed by atoms with Crippen LogP contribution in [0, 0.1) is 0 Å². The van der Waals surface area contributed by atoms with E-state index in [2.05, 4.69) is 10.2 Å². The number of aliphatic carboxylic acids is 1. The summed E-state index contributed by atoms with van der Waals surface area (Å²) in [5, 5.41) is 16.4. The number of carboxylic acid groups (broad SMARTS) is 1. The Bertz CT molecular complexity index is 300. The van der Waals surface area contributed by atoms with Gasteiger partial charge in [0, 0.05) is 0 Å². The van der Waals surface area contributed by atoms with E-state index < -0.39 is 11.9 Å². The van der Waals surface area contributed by atoms with E-state index in [0.717, 1.165) is 0 Å². The summed E-state index contributed by atoms with van der Waals surface area (Å²) in [7, 11) is 0. The lowest BCUT2D eigenvalue weighted by molar-refractivity contribution is -0.139. The summed E-state index contributed by atoms with van der Waals surface area (Å²) in [6.07, 6.45) is 0.492. The maximum Gasteiger partial charge on any atom is 0.312 e. The topological polar surface area (TPSA) is 63.1 Å². The maximum atomic E-state index is 10.7. The molecule has 0 saturated heterocycles. The van der Waals surface area contributed by atoms with Gasteiger partial charge in [-0.1, -0.05) is 18.5 Å². The average Bonchev–Trinajstić information content (AvgIpc) is 2.09. The van der Waals surface area contributed by atoms with Crippen LogP contribution in [0.5, 0.6) is 0 Å². The zero-order chi connectivity index (χ0) is 9.84. The van der Waals surface area contributed by atoms with Gasteiger partial charge in [0.1, 0.15) is 5.92 Å². The zero-order valence-corrected chi connectivity index (χ0v) is 7.82. The van der Waals surface area contributed by atoms with E-state index in [0.29, 0.717) is 12.1 Å². The van der Waals surface area contributed by atoms with Gasteiger partial charge in [-0.2, -0.15) is 5.10 Å². The number of nitrogens with zero attached hydrogens (tertiary/aromatic N) is 2. The fourth-order valence-electron chi connectivity index (χ4n) is 1.02. The Morgan fingerprint density at radius 2 is 2.31 bits per heavy atom. The lowest BCUT2D eigenvalue weighted by Crippen LogP contribution is -2.12. The Morgan fingerprint density at radius 1 is 1.62 bits per heavy atom. The second kappa shape index (κ2) is 4.18.